The summed E-state index contributed by atoms with van der Waals surface area (Å²) in [5, 5.41) is 0. The maximum Gasteiger partial charge on any atom is 0.204 e. The Kier molecular flexibility index (Phi) is 34.8. The smallest absolute Gasteiger partial charge is 0.204 e. The van der Waals surface area contributed by atoms with E-state index in [1.165, 1.54) is 12.5 Å². The first kappa shape index (κ1) is 60.3. The Bertz CT molecular complexity index is 2060. The molecule has 0 aromatic heterocycles. The molecular weight excluding hydrogens is 913 g/mol. The van der Waals surface area contributed by atoms with Crippen molar-refractivity contribution in [3.63, 3.8) is 0 Å². The van der Waals surface area contributed by atoms with Crippen molar-refractivity contribution in [3.8, 4) is 58.2 Å². The first-order valence-electron chi connectivity index (χ1n) is 26.0. The maximum atomic E-state index is 6.52. The Morgan fingerprint density at radius 3 is 1.07 bits per heavy atom. The Balaban J connectivity index is 1.92. The van der Waals surface area contributed by atoms with Gasteiger partial charge < -0.3 is 37.9 Å². The van der Waals surface area contributed by atoms with Crippen molar-refractivity contribution in [1.82, 2.24) is 0 Å². The van der Waals surface area contributed by atoms with Crippen LogP contribution in [0.25, 0.3) is 0 Å². The van der Waals surface area contributed by atoms with Gasteiger partial charge in [-0.25, -0.2) is 19.6 Å². The second-order valence-electron chi connectivity index (χ2n) is 16.5. The molecule has 0 atom stereocenters. The SMILES string of the molecule is C=CCOOCCCCOc1ccc(C#Cc2ccc(C#Cc3ccc(OCCCCOC=C)c(OCCCCOC=C)c3OCCCCCC)cc2)c(OCCCCCC)c1OCCCCOOCC=C. The van der Waals surface area contributed by atoms with Crippen LogP contribution in [0.2, 0.25) is 0 Å². The minimum Gasteiger partial charge on any atom is -0.502 e. The predicted octanol–water partition coefficient (Wildman–Crippen LogP) is 13.6. The normalized spacial score (nSPS) is 10.5. The van der Waals surface area contributed by atoms with E-state index in [9.17, 15) is 0 Å². The van der Waals surface area contributed by atoms with Gasteiger partial charge in [-0.05, 0) is 113 Å². The van der Waals surface area contributed by atoms with Gasteiger partial charge in [0.05, 0.1) is 89.7 Å². The molecule has 0 fully saturated rings. The van der Waals surface area contributed by atoms with Crippen molar-refractivity contribution in [2.24, 2.45) is 0 Å². The fourth-order valence-corrected chi connectivity index (χ4v) is 6.69. The standard InChI is InChI=1S/C60H82O12/c1-7-13-15-17-45-65-57-53(35-37-55(63-43-21-19-41-61-11-5)59(57)67-47-22-20-42-62-12-6)33-31-51-27-29-52(30-28-51)32-34-54-36-38-56(64-44-23-25-49-71-69-39-9-3)60(58(54)66-46-18-16-14-8-2)68-48-24-26-50-72-70-40-10-4/h9-12,27-30,35-38H,3-8,13-26,39-50H2,1-2H3. The van der Waals surface area contributed by atoms with Crippen LogP contribution in [-0.4, -0.2) is 79.3 Å². The molecule has 0 aliphatic carbocycles. The zero-order valence-electron chi connectivity index (χ0n) is 43.5. The van der Waals surface area contributed by atoms with E-state index in [-0.39, 0.29) is 0 Å². The van der Waals surface area contributed by atoms with E-state index in [4.69, 9.17) is 57.4 Å². The molecule has 0 heterocycles. The quantitative estimate of drug-likeness (QED) is 0.0134. The number of hydrogen-bond acceptors (Lipinski definition) is 12. The van der Waals surface area contributed by atoms with E-state index in [0.717, 1.165) is 114 Å². The highest BCUT2D eigenvalue weighted by Gasteiger charge is 2.20. The summed E-state index contributed by atoms with van der Waals surface area (Å²) in [7, 11) is 0. The van der Waals surface area contributed by atoms with Crippen LogP contribution in [0.3, 0.4) is 0 Å². The molecular formula is C60H82O12. The van der Waals surface area contributed by atoms with Crippen LogP contribution >= 0.6 is 0 Å². The van der Waals surface area contributed by atoms with Crippen molar-refractivity contribution in [2.75, 3.05) is 79.3 Å². The van der Waals surface area contributed by atoms with Crippen molar-refractivity contribution >= 4 is 0 Å². The number of benzene rings is 3. The van der Waals surface area contributed by atoms with Gasteiger partial charge in [-0.1, -0.05) is 101 Å². The summed E-state index contributed by atoms with van der Waals surface area (Å²) in [6.07, 6.45) is 20.9. The molecule has 3 rings (SSSR count). The lowest BCUT2D eigenvalue weighted by Gasteiger charge is -2.18. The monoisotopic (exact) mass is 995 g/mol. The molecule has 12 heteroatoms. The lowest BCUT2D eigenvalue weighted by molar-refractivity contribution is -0.286. The average Bonchev–Trinajstić information content (AvgIpc) is 3.40. The molecule has 394 valence electrons. The fourth-order valence-electron chi connectivity index (χ4n) is 6.69. The molecule has 0 saturated carbocycles. The van der Waals surface area contributed by atoms with Crippen LogP contribution in [0.1, 0.15) is 139 Å². The molecule has 12 nitrogen and oxygen atoms in total. The molecule has 0 spiro atoms. The van der Waals surface area contributed by atoms with Crippen molar-refractivity contribution in [1.29, 1.82) is 0 Å². The van der Waals surface area contributed by atoms with E-state index in [1.807, 2.05) is 48.5 Å². The fraction of sp³-hybridized carbons (Fsp3) is 0.500. The van der Waals surface area contributed by atoms with Crippen molar-refractivity contribution in [3.05, 3.63) is 122 Å². The highest BCUT2D eigenvalue weighted by Crippen LogP contribution is 2.42. The summed E-state index contributed by atoms with van der Waals surface area (Å²) in [5.74, 6) is 16.9. The van der Waals surface area contributed by atoms with Crippen LogP contribution in [0, 0.1) is 23.7 Å². The molecule has 0 aliphatic rings. The highest BCUT2D eigenvalue weighted by atomic mass is 17.2. The van der Waals surface area contributed by atoms with Gasteiger partial charge in [-0.2, -0.15) is 0 Å². The summed E-state index contributed by atoms with van der Waals surface area (Å²) >= 11 is 0. The van der Waals surface area contributed by atoms with Crippen molar-refractivity contribution < 1.29 is 57.4 Å². The molecule has 0 saturated heterocycles. The highest BCUT2D eigenvalue weighted by molar-refractivity contribution is 5.63. The van der Waals surface area contributed by atoms with Gasteiger partial charge in [-0.3, -0.25) is 0 Å². The Labute approximate surface area is 431 Å². The zero-order valence-corrected chi connectivity index (χ0v) is 43.5. The second-order valence-corrected chi connectivity index (χ2v) is 16.5. The topological polar surface area (TPSA) is 111 Å². The van der Waals surface area contributed by atoms with Crippen LogP contribution < -0.4 is 28.4 Å². The third-order valence-electron chi connectivity index (χ3n) is 10.5. The van der Waals surface area contributed by atoms with E-state index in [0.29, 0.717) is 125 Å². The Hall–Kier alpha value is -6.02. The maximum absolute atomic E-state index is 6.52. The van der Waals surface area contributed by atoms with Gasteiger partial charge in [0.1, 0.15) is 13.2 Å². The summed E-state index contributed by atoms with van der Waals surface area (Å²) in [6.45, 7) is 24.5. The van der Waals surface area contributed by atoms with E-state index in [2.05, 4.69) is 63.8 Å². The minimum atomic E-state index is 0.332. The lowest BCUT2D eigenvalue weighted by atomic mass is 10.1. The third-order valence-corrected chi connectivity index (χ3v) is 10.5. The van der Waals surface area contributed by atoms with E-state index >= 15 is 0 Å². The van der Waals surface area contributed by atoms with Gasteiger partial charge in [0.2, 0.25) is 11.5 Å². The average molecular weight is 995 g/mol. The van der Waals surface area contributed by atoms with Gasteiger partial charge in [0.15, 0.2) is 23.0 Å². The molecule has 3 aromatic carbocycles. The van der Waals surface area contributed by atoms with Crippen LogP contribution in [0.5, 0.6) is 34.5 Å². The van der Waals surface area contributed by atoms with Crippen LogP contribution in [0.4, 0.5) is 0 Å². The van der Waals surface area contributed by atoms with Gasteiger partial charge in [0, 0.05) is 11.1 Å². The van der Waals surface area contributed by atoms with E-state index < -0.39 is 0 Å². The summed E-state index contributed by atoms with van der Waals surface area (Å²) in [4.78, 5) is 20.6. The lowest BCUT2D eigenvalue weighted by Crippen LogP contribution is -2.08. The van der Waals surface area contributed by atoms with Gasteiger partial charge in [0.25, 0.3) is 0 Å². The third kappa shape index (κ3) is 26.4. The second kappa shape index (κ2) is 41.6. The molecule has 0 aliphatic heterocycles. The van der Waals surface area contributed by atoms with E-state index in [1.54, 1.807) is 12.2 Å². The predicted molar refractivity (Wildman–Crippen MR) is 286 cm³/mol. The molecule has 0 N–H and O–H groups in total. The summed E-state index contributed by atoms with van der Waals surface area (Å²) in [5.41, 5.74) is 3.05. The Morgan fingerprint density at radius 1 is 0.347 bits per heavy atom. The summed E-state index contributed by atoms with van der Waals surface area (Å²) < 4.78 is 49.1. The first-order valence-corrected chi connectivity index (χ1v) is 26.0. The Morgan fingerprint density at radius 2 is 0.694 bits per heavy atom. The zero-order chi connectivity index (χ0) is 51.4. The van der Waals surface area contributed by atoms with Gasteiger partial charge in [-0.15, -0.1) is 13.2 Å². The number of ether oxygens (including phenoxy) is 8. The van der Waals surface area contributed by atoms with Crippen molar-refractivity contribution in [2.45, 2.75) is 117 Å². The molecule has 72 heavy (non-hydrogen) atoms. The number of hydrogen-bond donors (Lipinski definition) is 0. The van der Waals surface area contributed by atoms with Crippen LogP contribution in [0.15, 0.2) is 99.5 Å². The van der Waals surface area contributed by atoms with Crippen LogP contribution in [-0.2, 0) is 29.0 Å². The first-order chi connectivity index (χ1) is 35.6. The number of unbranched alkanes of at least 4 members (excludes halogenated alkanes) is 10. The number of rotatable bonds is 44. The van der Waals surface area contributed by atoms with Gasteiger partial charge >= 0.3 is 0 Å². The largest absolute Gasteiger partial charge is 0.502 e. The molecule has 0 amide bonds. The molecule has 0 bridgehead atoms. The molecule has 0 radical (unpaired) electrons. The molecule has 3 aromatic rings. The summed E-state index contributed by atoms with van der Waals surface area (Å²) in [6, 6.07) is 15.6. The molecule has 0 unspecified atom stereocenters. The minimum absolute atomic E-state index is 0.332.